The molecule has 1 atom stereocenters. The number of hydrogen-bond donors (Lipinski definition) is 1. The number of nitrogens with zero attached hydrogens (tertiary/aromatic N) is 4. The molecule has 6 nitrogen and oxygen atoms in total. The lowest BCUT2D eigenvalue weighted by Gasteiger charge is -2.15. The molecule has 1 N–H and O–H groups in total. The van der Waals surface area contributed by atoms with Crippen LogP contribution in [0.1, 0.15) is 12.5 Å². The molecule has 0 saturated carbocycles. The van der Waals surface area contributed by atoms with Crippen molar-refractivity contribution < 1.29 is 23.1 Å². The molecule has 1 unspecified atom stereocenters. The third-order valence-electron chi connectivity index (χ3n) is 4.62. The molecular weight excluding hydrogens is 417 g/mol. The molecule has 3 aromatic rings. The van der Waals surface area contributed by atoms with Crippen LogP contribution in [0.3, 0.4) is 0 Å². The quantitative estimate of drug-likeness (QED) is 0.605. The molecule has 1 aliphatic rings. The number of likely N-dealkylation sites (tertiary alicyclic amines) is 1. The Morgan fingerprint density at radius 2 is 1.90 bits per heavy atom. The molecule has 0 spiro atoms. The van der Waals surface area contributed by atoms with E-state index in [-0.39, 0.29) is 0 Å². The highest BCUT2D eigenvalue weighted by atomic mass is 32.2. The zero-order valence-corrected chi connectivity index (χ0v) is 16.8. The second-order valence-corrected chi connectivity index (χ2v) is 7.91. The summed E-state index contributed by atoms with van der Waals surface area (Å²) in [6.07, 6.45) is 2.01. The lowest BCUT2D eigenvalue weighted by Crippen LogP contribution is -2.24. The van der Waals surface area contributed by atoms with Crippen LogP contribution in [0.2, 0.25) is 0 Å². The van der Waals surface area contributed by atoms with Gasteiger partial charge in [-0.3, -0.25) is 9.67 Å². The lowest BCUT2D eigenvalue weighted by atomic mass is 10.2. The predicted octanol–water partition coefficient (Wildman–Crippen LogP) is 4.10. The minimum absolute atomic E-state index is 0.508. The number of carboxylic acids is 1. The first-order chi connectivity index (χ1) is 14.3. The van der Waals surface area contributed by atoms with E-state index in [2.05, 4.69) is 57.2 Å². The van der Waals surface area contributed by atoms with Gasteiger partial charge in [0.15, 0.2) is 0 Å². The zero-order valence-electron chi connectivity index (χ0n) is 16.0. The van der Waals surface area contributed by atoms with Gasteiger partial charge < -0.3 is 10.0 Å². The third kappa shape index (κ3) is 6.20. The summed E-state index contributed by atoms with van der Waals surface area (Å²) in [6.45, 7) is 3.40. The number of thioether (sulfide) groups is 1. The van der Waals surface area contributed by atoms with E-state index in [1.165, 1.54) is 16.7 Å². The fourth-order valence-corrected chi connectivity index (χ4v) is 4.03. The number of carbonyl (C=O) groups is 1. The van der Waals surface area contributed by atoms with E-state index in [1.54, 1.807) is 0 Å². The molecule has 0 aliphatic carbocycles. The summed E-state index contributed by atoms with van der Waals surface area (Å²) in [5.41, 5.74) is 1.10. The van der Waals surface area contributed by atoms with Crippen molar-refractivity contribution >= 4 is 28.6 Å². The maximum atomic E-state index is 10.6. The number of aliphatic carboxylic acids is 1. The highest BCUT2D eigenvalue weighted by molar-refractivity contribution is 7.99. The molecular formula is C20H21F3N4O2S. The molecule has 1 aromatic carbocycles. The van der Waals surface area contributed by atoms with Gasteiger partial charge in [0.25, 0.3) is 0 Å². The van der Waals surface area contributed by atoms with Crippen molar-refractivity contribution in [3.05, 3.63) is 55.0 Å². The summed E-state index contributed by atoms with van der Waals surface area (Å²) in [6, 6.07) is 13.0. The fourth-order valence-electron chi connectivity index (χ4n) is 3.13. The van der Waals surface area contributed by atoms with Crippen LogP contribution in [0, 0.1) is 0 Å². The van der Waals surface area contributed by atoms with Gasteiger partial charge in [0.05, 0.1) is 11.6 Å². The van der Waals surface area contributed by atoms with Crippen LogP contribution in [-0.4, -0.2) is 62.3 Å². The van der Waals surface area contributed by atoms with E-state index in [0.717, 1.165) is 30.9 Å². The van der Waals surface area contributed by atoms with Crippen LogP contribution in [0.4, 0.5) is 13.2 Å². The average Bonchev–Trinajstić information content (AvgIpc) is 3.35. The van der Waals surface area contributed by atoms with Gasteiger partial charge in [-0.1, -0.05) is 18.2 Å². The number of aromatic nitrogens is 3. The fraction of sp³-hybridized carbons (Fsp3) is 0.350. The summed E-state index contributed by atoms with van der Waals surface area (Å²) >= 11 is 1.90. The normalized spacial score (nSPS) is 17.0. The first kappa shape index (κ1) is 22.1. The summed E-state index contributed by atoms with van der Waals surface area (Å²) in [5.74, 6) is -1.63. The maximum Gasteiger partial charge on any atom is 0.490 e. The Bertz CT molecular complexity index is 932. The Balaban J connectivity index is 0.000000318. The van der Waals surface area contributed by atoms with E-state index >= 15 is 0 Å². The second kappa shape index (κ2) is 9.94. The molecule has 4 rings (SSSR count). The number of pyridine rings is 1. The van der Waals surface area contributed by atoms with Crippen molar-refractivity contribution in [2.45, 2.75) is 23.5 Å². The molecule has 2 aromatic heterocycles. The smallest absolute Gasteiger partial charge is 0.475 e. The SMILES string of the molecule is O=C(O)C(F)(F)F.c1ccc2nn(C3CCN(CCSc4ccncc4)C3)cc2c1. The van der Waals surface area contributed by atoms with Crippen molar-refractivity contribution in [3.63, 3.8) is 0 Å². The Labute approximate surface area is 175 Å². The average molecular weight is 438 g/mol. The highest BCUT2D eigenvalue weighted by Gasteiger charge is 2.38. The monoisotopic (exact) mass is 438 g/mol. The number of fused-ring (bicyclic) bond motifs is 1. The van der Waals surface area contributed by atoms with Crippen molar-refractivity contribution in [3.8, 4) is 0 Å². The van der Waals surface area contributed by atoms with Gasteiger partial charge in [0.1, 0.15) is 0 Å². The molecule has 0 amide bonds. The van der Waals surface area contributed by atoms with Crippen molar-refractivity contribution in [2.75, 3.05) is 25.4 Å². The van der Waals surface area contributed by atoms with Gasteiger partial charge in [-0.15, -0.1) is 11.8 Å². The first-order valence-corrected chi connectivity index (χ1v) is 10.3. The number of rotatable bonds is 5. The summed E-state index contributed by atoms with van der Waals surface area (Å²) in [5, 5.41) is 13.1. The summed E-state index contributed by atoms with van der Waals surface area (Å²) in [7, 11) is 0. The van der Waals surface area contributed by atoms with E-state index in [0.29, 0.717) is 6.04 Å². The molecule has 1 aliphatic heterocycles. The second-order valence-electron chi connectivity index (χ2n) is 6.75. The van der Waals surface area contributed by atoms with Gasteiger partial charge >= 0.3 is 12.1 Å². The van der Waals surface area contributed by atoms with Crippen LogP contribution in [0.15, 0.2) is 59.9 Å². The Morgan fingerprint density at radius 1 is 1.20 bits per heavy atom. The first-order valence-electron chi connectivity index (χ1n) is 9.32. The van der Waals surface area contributed by atoms with Crippen molar-refractivity contribution in [1.82, 2.24) is 19.7 Å². The minimum atomic E-state index is -5.08. The van der Waals surface area contributed by atoms with Gasteiger partial charge in [0, 0.05) is 54.3 Å². The van der Waals surface area contributed by atoms with E-state index in [9.17, 15) is 13.2 Å². The lowest BCUT2D eigenvalue weighted by molar-refractivity contribution is -0.192. The number of carboxylic acid groups (broad SMARTS) is 1. The van der Waals surface area contributed by atoms with Crippen molar-refractivity contribution in [1.29, 1.82) is 0 Å². The zero-order chi connectivity index (χ0) is 21.6. The van der Waals surface area contributed by atoms with Crippen LogP contribution in [-0.2, 0) is 4.79 Å². The van der Waals surface area contributed by atoms with Gasteiger partial charge in [0.2, 0.25) is 0 Å². The standard InChI is InChI=1S/C18H20N4S.C2HF3O2/c1-2-4-18-15(3-1)13-22(20-18)16-7-10-21(14-16)11-12-23-17-5-8-19-9-6-17;3-2(4,5)1(6)7/h1-6,8-9,13,16H,7,10-12,14H2;(H,6,7). The van der Waals surface area contributed by atoms with Gasteiger partial charge in [-0.25, -0.2) is 4.79 Å². The number of benzene rings is 1. The summed E-state index contributed by atoms with van der Waals surface area (Å²) in [4.78, 5) is 16.8. The van der Waals surface area contributed by atoms with Crippen LogP contribution in [0.5, 0.6) is 0 Å². The predicted molar refractivity (Wildman–Crippen MR) is 108 cm³/mol. The van der Waals surface area contributed by atoms with Crippen LogP contribution >= 0.6 is 11.8 Å². The molecule has 30 heavy (non-hydrogen) atoms. The Morgan fingerprint density at radius 3 is 2.57 bits per heavy atom. The highest BCUT2D eigenvalue weighted by Crippen LogP contribution is 2.24. The van der Waals surface area contributed by atoms with E-state index in [4.69, 9.17) is 15.0 Å². The molecule has 0 bridgehead atoms. The van der Waals surface area contributed by atoms with Gasteiger partial charge in [-0.2, -0.15) is 18.3 Å². The maximum absolute atomic E-state index is 10.6. The number of hydrogen-bond acceptors (Lipinski definition) is 5. The van der Waals surface area contributed by atoms with Crippen molar-refractivity contribution in [2.24, 2.45) is 0 Å². The molecule has 1 fully saturated rings. The van der Waals surface area contributed by atoms with Crippen LogP contribution < -0.4 is 0 Å². The topological polar surface area (TPSA) is 71.2 Å². The van der Waals surface area contributed by atoms with E-state index < -0.39 is 12.1 Å². The Kier molecular flexibility index (Phi) is 7.33. The number of alkyl halides is 3. The molecule has 10 heteroatoms. The largest absolute Gasteiger partial charge is 0.490 e. The Hall–Kier alpha value is -2.59. The minimum Gasteiger partial charge on any atom is -0.475 e. The van der Waals surface area contributed by atoms with E-state index in [1.807, 2.05) is 24.2 Å². The summed E-state index contributed by atoms with van der Waals surface area (Å²) < 4.78 is 33.9. The molecule has 160 valence electrons. The third-order valence-corrected chi connectivity index (χ3v) is 5.61. The van der Waals surface area contributed by atoms with Crippen LogP contribution in [0.25, 0.3) is 10.9 Å². The molecule has 3 heterocycles. The van der Waals surface area contributed by atoms with Gasteiger partial charge in [-0.05, 0) is 24.6 Å². The number of halogens is 3. The molecule has 1 saturated heterocycles. The molecule has 0 radical (unpaired) electrons.